The van der Waals surface area contributed by atoms with Crippen molar-refractivity contribution in [1.29, 1.82) is 0 Å². The summed E-state index contributed by atoms with van der Waals surface area (Å²) in [6.07, 6.45) is 2.96. The van der Waals surface area contributed by atoms with Crippen LogP contribution < -0.4 is 15.4 Å². The summed E-state index contributed by atoms with van der Waals surface area (Å²) in [4.78, 5) is 4.45. The molecule has 1 atom stereocenters. The van der Waals surface area contributed by atoms with Gasteiger partial charge in [0.25, 0.3) is 0 Å². The van der Waals surface area contributed by atoms with Gasteiger partial charge in [0, 0.05) is 36.8 Å². The first-order valence-corrected chi connectivity index (χ1v) is 7.14. The maximum absolute atomic E-state index is 5.34. The predicted molar refractivity (Wildman–Crippen MR) is 84.5 cm³/mol. The van der Waals surface area contributed by atoms with Crippen LogP contribution in [0, 0.1) is 0 Å². The number of methoxy groups -OCH3 is 1. The zero-order chi connectivity index (χ0) is 14.4. The molecule has 2 aromatic rings. The van der Waals surface area contributed by atoms with Gasteiger partial charge in [-0.2, -0.15) is 0 Å². The van der Waals surface area contributed by atoms with E-state index in [-0.39, 0.29) is 0 Å². The van der Waals surface area contributed by atoms with E-state index >= 15 is 0 Å². The molecular formula is C16H23N3O. The number of ether oxygens (including phenoxy) is 1. The molecule has 1 heterocycles. The number of rotatable bonds is 7. The lowest BCUT2D eigenvalue weighted by molar-refractivity contribution is 0.415. The summed E-state index contributed by atoms with van der Waals surface area (Å²) in [7, 11) is 1.69. The van der Waals surface area contributed by atoms with Crippen LogP contribution in [0.15, 0.2) is 30.5 Å². The van der Waals surface area contributed by atoms with Crippen LogP contribution in [0.2, 0.25) is 0 Å². The Kier molecular flexibility index (Phi) is 5.18. The monoisotopic (exact) mass is 273 g/mol. The number of nitrogens with one attached hydrogen (secondary N) is 2. The van der Waals surface area contributed by atoms with E-state index in [1.54, 1.807) is 7.11 Å². The highest BCUT2D eigenvalue weighted by molar-refractivity contribution is 5.91. The predicted octanol–water partition coefficient (Wildman–Crippen LogP) is 3.04. The molecule has 108 valence electrons. The van der Waals surface area contributed by atoms with Crippen molar-refractivity contribution in [1.82, 2.24) is 10.3 Å². The van der Waals surface area contributed by atoms with E-state index in [2.05, 4.69) is 29.5 Å². The average Bonchev–Trinajstić information content (AvgIpc) is 2.50. The van der Waals surface area contributed by atoms with Crippen molar-refractivity contribution >= 4 is 16.6 Å². The van der Waals surface area contributed by atoms with Gasteiger partial charge in [-0.3, -0.25) is 4.98 Å². The van der Waals surface area contributed by atoms with E-state index in [1.807, 2.05) is 30.5 Å². The average molecular weight is 273 g/mol. The normalized spacial score (nSPS) is 12.3. The van der Waals surface area contributed by atoms with Crippen LogP contribution in [0.5, 0.6) is 5.75 Å². The van der Waals surface area contributed by atoms with Gasteiger partial charge in [0.2, 0.25) is 0 Å². The van der Waals surface area contributed by atoms with Gasteiger partial charge >= 0.3 is 0 Å². The maximum atomic E-state index is 5.34. The molecule has 2 rings (SSSR count). The summed E-state index contributed by atoms with van der Waals surface area (Å²) in [5.41, 5.74) is 2.00. The maximum Gasteiger partial charge on any atom is 0.121 e. The highest BCUT2D eigenvalue weighted by Crippen LogP contribution is 2.27. The molecular weight excluding hydrogens is 250 g/mol. The zero-order valence-corrected chi connectivity index (χ0v) is 12.4. The van der Waals surface area contributed by atoms with Gasteiger partial charge in [-0.25, -0.2) is 0 Å². The highest BCUT2D eigenvalue weighted by Gasteiger charge is 2.05. The van der Waals surface area contributed by atoms with Crippen LogP contribution in [-0.2, 0) is 0 Å². The summed E-state index contributed by atoms with van der Waals surface area (Å²) in [5.74, 6) is 0.850. The van der Waals surface area contributed by atoms with Crippen LogP contribution in [-0.4, -0.2) is 31.2 Å². The molecule has 0 bridgehead atoms. The van der Waals surface area contributed by atoms with E-state index in [0.717, 1.165) is 41.9 Å². The number of benzene rings is 1. The summed E-state index contributed by atoms with van der Waals surface area (Å²) < 4.78 is 5.34. The summed E-state index contributed by atoms with van der Waals surface area (Å²) in [6, 6.07) is 8.55. The lowest BCUT2D eigenvalue weighted by atomic mass is 10.1. The quantitative estimate of drug-likeness (QED) is 0.761. The van der Waals surface area contributed by atoms with Crippen molar-refractivity contribution < 1.29 is 4.74 Å². The molecule has 0 amide bonds. The number of hydrogen-bond acceptors (Lipinski definition) is 4. The molecule has 4 heteroatoms. The Balaban J connectivity index is 2.08. The minimum absolute atomic E-state index is 0.553. The third-order valence-electron chi connectivity index (χ3n) is 3.46. The molecule has 0 aliphatic carbocycles. The van der Waals surface area contributed by atoms with Gasteiger partial charge < -0.3 is 15.4 Å². The number of aromatic nitrogens is 1. The van der Waals surface area contributed by atoms with Crippen LogP contribution in [0.4, 0.5) is 5.69 Å². The molecule has 20 heavy (non-hydrogen) atoms. The molecule has 2 N–H and O–H groups in total. The SMILES string of the molecule is CC[C@H](C)NCCNc1cc(OC)cc2cccnc12. The van der Waals surface area contributed by atoms with E-state index in [9.17, 15) is 0 Å². The molecule has 0 fully saturated rings. The summed E-state index contributed by atoms with van der Waals surface area (Å²) in [5, 5.41) is 7.99. The number of anilines is 1. The van der Waals surface area contributed by atoms with Gasteiger partial charge in [-0.1, -0.05) is 13.0 Å². The lowest BCUT2D eigenvalue weighted by Crippen LogP contribution is -2.30. The van der Waals surface area contributed by atoms with Gasteiger partial charge in [0.1, 0.15) is 5.75 Å². The van der Waals surface area contributed by atoms with Crippen LogP contribution in [0.25, 0.3) is 10.9 Å². The van der Waals surface area contributed by atoms with Crippen LogP contribution in [0.3, 0.4) is 0 Å². The van der Waals surface area contributed by atoms with E-state index in [1.165, 1.54) is 0 Å². The lowest BCUT2D eigenvalue weighted by Gasteiger charge is -2.14. The fourth-order valence-corrected chi connectivity index (χ4v) is 2.08. The molecule has 0 aliphatic heterocycles. The Hall–Kier alpha value is -1.81. The first kappa shape index (κ1) is 14.6. The third-order valence-corrected chi connectivity index (χ3v) is 3.46. The number of pyridine rings is 1. The molecule has 0 spiro atoms. The molecule has 1 aromatic carbocycles. The second-order valence-corrected chi connectivity index (χ2v) is 4.94. The standard InChI is InChI=1S/C16H23N3O/c1-4-12(2)17-8-9-18-15-11-14(20-3)10-13-6-5-7-19-16(13)15/h5-7,10-12,17-18H,4,8-9H2,1-3H3/t12-/m0/s1. The Morgan fingerprint density at radius 2 is 2.15 bits per heavy atom. The highest BCUT2D eigenvalue weighted by atomic mass is 16.5. The second kappa shape index (κ2) is 7.10. The van der Waals surface area contributed by atoms with E-state index < -0.39 is 0 Å². The van der Waals surface area contributed by atoms with Crippen LogP contribution in [0.1, 0.15) is 20.3 Å². The Labute approximate surface area is 120 Å². The van der Waals surface area contributed by atoms with Crippen molar-refractivity contribution in [2.75, 3.05) is 25.5 Å². The molecule has 1 aromatic heterocycles. The first-order chi connectivity index (χ1) is 9.74. The summed E-state index contributed by atoms with van der Waals surface area (Å²) in [6.45, 7) is 6.18. The van der Waals surface area contributed by atoms with Gasteiger partial charge in [0.15, 0.2) is 0 Å². The fourth-order valence-electron chi connectivity index (χ4n) is 2.08. The molecule has 0 radical (unpaired) electrons. The van der Waals surface area contributed by atoms with E-state index in [0.29, 0.717) is 6.04 Å². The van der Waals surface area contributed by atoms with Crippen molar-refractivity contribution in [3.63, 3.8) is 0 Å². The Morgan fingerprint density at radius 3 is 2.90 bits per heavy atom. The molecule has 4 nitrogen and oxygen atoms in total. The van der Waals surface area contributed by atoms with Crippen LogP contribution >= 0.6 is 0 Å². The Morgan fingerprint density at radius 1 is 1.30 bits per heavy atom. The number of fused-ring (bicyclic) bond motifs is 1. The zero-order valence-electron chi connectivity index (χ0n) is 12.4. The molecule has 0 saturated carbocycles. The molecule has 0 aliphatic rings. The van der Waals surface area contributed by atoms with Crippen molar-refractivity contribution in [3.8, 4) is 5.75 Å². The molecule has 0 unspecified atom stereocenters. The van der Waals surface area contributed by atoms with Gasteiger partial charge in [0.05, 0.1) is 18.3 Å². The Bertz CT molecular complexity index is 556. The van der Waals surface area contributed by atoms with E-state index in [4.69, 9.17) is 4.74 Å². The third kappa shape index (κ3) is 3.61. The number of hydrogen-bond donors (Lipinski definition) is 2. The molecule has 0 saturated heterocycles. The van der Waals surface area contributed by atoms with Crippen molar-refractivity contribution in [2.24, 2.45) is 0 Å². The van der Waals surface area contributed by atoms with Gasteiger partial charge in [-0.05, 0) is 25.5 Å². The topological polar surface area (TPSA) is 46.2 Å². The number of nitrogens with zero attached hydrogens (tertiary/aromatic N) is 1. The second-order valence-electron chi connectivity index (χ2n) is 4.94. The minimum atomic E-state index is 0.553. The largest absolute Gasteiger partial charge is 0.497 e. The van der Waals surface area contributed by atoms with Gasteiger partial charge in [-0.15, -0.1) is 0 Å². The fraction of sp³-hybridized carbons (Fsp3) is 0.438. The summed E-state index contributed by atoms with van der Waals surface area (Å²) >= 11 is 0. The van der Waals surface area contributed by atoms with Crippen molar-refractivity contribution in [3.05, 3.63) is 30.5 Å². The van der Waals surface area contributed by atoms with Crippen molar-refractivity contribution in [2.45, 2.75) is 26.3 Å². The minimum Gasteiger partial charge on any atom is -0.497 e. The smallest absolute Gasteiger partial charge is 0.121 e. The first-order valence-electron chi connectivity index (χ1n) is 7.14.